The number of hydrogen-bond acceptors (Lipinski definition) is 4. The van der Waals surface area contributed by atoms with Crippen LogP contribution in [0.4, 0.5) is 0 Å². The summed E-state index contributed by atoms with van der Waals surface area (Å²) in [5, 5.41) is 27.5. The molecule has 1 unspecified atom stereocenters. The van der Waals surface area contributed by atoms with Gasteiger partial charge in [0.15, 0.2) is 0 Å². The Bertz CT molecular complexity index is 533. The van der Waals surface area contributed by atoms with Crippen molar-refractivity contribution in [1.29, 1.82) is 0 Å². The smallest absolute Gasteiger partial charge is 0.117 e. The van der Waals surface area contributed by atoms with E-state index in [1.165, 1.54) is 12.1 Å². The Hall–Kier alpha value is -2.04. The number of fused-ring (bicyclic) bond motifs is 1. The van der Waals surface area contributed by atoms with Gasteiger partial charge in [-0.15, -0.1) is 0 Å². The van der Waals surface area contributed by atoms with Crippen LogP contribution in [0.25, 0.3) is 10.9 Å². The van der Waals surface area contributed by atoms with Gasteiger partial charge in [0.1, 0.15) is 5.75 Å². The number of carboxylic acid groups (broad SMARTS) is 1. The number of carbonyl (C=O) groups is 1. The maximum atomic E-state index is 10.9. The van der Waals surface area contributed by atoms with E-state index in [4.69, 9.17) is 0 Å². The van der Waals surface area contributed by atoms with E-state index in [9.17, 15) is 15.0 Å². The molecular formula is C11H11N2O3-. The molecule has 1 aromatic carbocycles. The van der Waals surface area contributed by atoms with E-state index < -0.39 is 11.9 Å². The van der Waals surface area contributed by atoms with Crippen LogP contribution < -0.4 is 5.11 Å². The lowest BCUT2D eigenvalue weighted by atomic mass is 9.99. The quantitative estimate of drug-likeness (QED) is 0.787. The summed E-state index contributed by atoms with van der Waals surface area (Å²) in [6.45, 7) is 1.77. The molecule has 0 radical (unpaired) electrons. The van der Waals surface area contributed by atoms with Gasteiger partial charge in [-0.25, -0.2) is 0 Å². The second kappa shape index (κ2) is 3.84. The highest BCUT2D eigenvalue weighted by Gasteiger charge is 2.16. The van der Waals surface area contributed by atoms with Gasteiger partial charge in [0, 0.05) is 17.4 Å². The number of carbonyl (C=O) groups excluding carboxylic acids is 1. The molecule has 0 aliphatic rings. The Morgan fingerprint density at radius 1 is 1.62 bits per heavy atom. The predicted molar refractivity (Wildman–Crippen MR) is 55.8 cm³/mol. The van der Waals surface area contributed by atoms with Crippen molar-refractivity contribution in [3.8, 4) is 5.75 Å². The number of rotatable bonds is 3. The first-order valence-electron chi connectivity index (χ1n) is 5.01. The fourth-order valence-electron chi connectivity index (χ4n) is 1.78. The fraction of sp³-hybridized carbons (Fsp3) is 0.273. The number of benzene rings is 1. The zero-order valence-electron chi connectivity index (χ0n) is 8.73. The zero-order valence-corrected chi connectivity index (χ0v) is 8.73. The summed E-state index contributed by atoms with van der Waals surface area (Å²) < 4.78 is 0. The third-order valence-corrected chi connectivity index (χ3v) is 2.61. The molecule has 0 spiro atoms. The van der Waals surface area contributed by atoms with Crippen molar-refractivity contribution in [3.63, 3.8) is 0 Å². The Labute approximate surface area is 91.7 Å². The van der Waals surface area contributed by atoms with Crippen LogP contribution in [0, 0.1) is 0 Å². The highest BCUT2D eigenvalue weighted by atomic mass is 16.4. The standard InChI is InChI=1S/C11H12N2O3/c1-2-7(11(15)16)10-8-4-3-6(14)5-9(8)12-13-10/h3-5,7,14H,2H2,1H3,(H,12,13)(H,15,16)/p-1. The third kappa shape index (κ3) is 1.60. The van der Waals surface area contributed by atoms with Crippen LogP contribution in [-0.2, 0) is 4.79 Å². The number of carboxylic acids is 1. The van der Waals surface area contributed by atoms with Crippen LogP contribution in [-0.4, -0.2) is 21.3 Å². The van der Waals surface area contributed by atoms with E-state index in [-0.39, 0.29) is 5.75 Å². The first kappa shape index (κ1) is 10.5. The summed E-state index contributed by atoms with van der Waals surface area (Å²) in [5.74, 6) is -1.72. The minimum Gasteiger partial charge on any atom is -0.549 e. The SMILES string of the molecule is CCC(C(=O)[O-])c1[nH]nc2cc(O)ccc12. The summed E-state index contributed by atoms with van der Waals surface area (Å²) in [6.07, 6.45) is 0.431. The average Bonchev–Trinajstić information content (AvgIpc) is 2.62. The lowest BCUT2D eigenvalue weighted by Gasteiger charge is -2.14. The molecule has 2 N–H and O–H groups in total. The largest absolute Gasteiger partial charge is 0.549 e. The van der Waals surface area contributed by atoms with Gasteiger partial charge < -0.3 is 15.0 Å². The number of phenols is 1. The van der Waals surface area contributed by atoms with Gasteiger partial charge in [-0.1, -0.05) is 6.92 Å². The molecule has 1 heterocycles. The van der Waals surface area contributed by atoms with Gasteiger partial charge in [-0.3, -0.25) is 5.10 Å². The molecule has 1 atom stereocenters. The van der Waals surface area contributed by atoms with Gasteiger partial charge in [-0.2, -0.15) is 5.10 Å². The van der Waals surface area contributed by atoms with Crippen molar-refractivity contribution < 1.29 is 15.0 Å². The zero-order chi connectivity index (χ0) is 11.7. The second-order valence-electron chi connectivity index (χ2n) is 3.62. The van der Waals surface area contributed by atoms with Crippen molar-refractivity contribution in [2.24, 2.45) is 0 Å². The maximum absolute atomic E-state index is 10.9. The number of phenolic OH excluding ortho intramolecular Hbond substituents is 1. The Balaban J connectivity index is 2.57. The molecule has 0 aliphatic heterocycles. The van der Waals surface area contributed by atoms with Crippen molar-refractivity contribution in [2.45, 2.75) is 19.3 Å². The first-order valence-corrected chi connectivity index (χ1v) is 5.01. The summed E-state index contributed by atoms with van der Waals surface area (Å²) in [5.41, 5.74) is 1.08. The summed E-state index contributed by atoms with van der Waals surface area (Å²) >= 11 is 0. The van der Waals surface area contributed by atoms with Gasteiger partial charge in [0.25, 0.3) is 0 Å². The summed E-state index contributed by atoms with van der Waals surface area (Å²) in [7, 11) is 0. The molecule has 0 aliphatic carbocycles. The van der Waals surface area contributed by atoms with Crippen molar-refractivity contribution in [2.75, 3.05) is 0 Å². The topological polar surface area (TPSA) is 89.0 Å². The molecule has 16 heavy (non-hydrogen) atoms. The number of nitrogens with zero attached hydrogens (tertiary/aromatic N) is 1. The van der Waals surface area contributed by atoms with Crippen LogP contribution in [0.5, 0.6) is 5.75 Å². The monoisotopic (exact) mass is 219 g/mol. The molecule has 1 aromatic heterocycles. The van der Waals surface area contributed by atoms with E-state index >= 15 is 0 Å². The lowest BCUT2D eigenvalue weighted by molar-refractivity contribution is -0.308. The van der Waals surface area contributed by atoms with E-state index in [1.807, 2.05) is 0 Å². The highest BCUT2D eigenvalue weighted by molar-refractivity contribution is 5.87. The van der Waals surface area contributed by atoms with Crippen molar-refractivity contribution >= 4 is 16.9 Å². The highest BCUT2D eigenvalue weighted by Crippen LogP contribution is 2.27. The van der Waals surface area contributed by atoms with Crippen molar-refractivity contribution in [1.82, 2.24) is 10.2 Å². The minimum atomic E-state index is -1.12. The molecule has 84 valence electrons. The number of aliphatic carboxylic acids is 1. The van der Waals surface area contributed by atoms with E-state index in [0.717, 1.165) is 0 Å². The van der Waals surface area contributed by atoms with Gasteiger partial charge in [-0.05, 0) is 18.6 Å². The van der Waals surface area contributed by atoms with E-state index in [2.05, 4.69) is 10.2 Å². The summed E-state index contributed by atoms with van der Waals surface area (Å²) in [4.78, 5) is 10.9. The van der Waals surface area contributed by atoms with Gasteiger partial charge >= 0.3 is 0 Å². The molecule has 2 aromatic rings. The summed E-state index contributed by atoms with van der Waals surface area (Å²) in [6, 6.07) is 4.63. The molecule has 0 saturated carbocycles. The van der Waals surface area contributed by atoms with Gasteiger partial charge in [0.2, 0.25) is 0 Å². The van der Waals surface area contributed by atoms with Crippen LogP contribution in [0.1, 0.15) is 25.0 Å². The lowest BCUT2D eigenvalue weighted by Crippen LogP contribution is -2.29. The van der Waals surface area contributed by atoms with Crippen LogP contribution in [0.15, 0.2) is 18.2 Å². The third-order valence-electron chi connectivity index (χ3n) is 2.61. The number of H-pyrrole nitrogens is 1. The van der Waals surface area contributed by atoms with Gasteiger partial charge in [0.05, 0.1) is 17.2 Å². The number of aromatic hydroxyl groups is 1. The Morgan fingerprint density at radius 2 is 2.38 bits per heavy atom. The van der Waals surface area contributed by atoms with Crippen LogP contribution >= 0.6 is 0 Å². The molecule has 2 rings (SSSR count). The molecular weight excluding hydrogens is 208 g/mol. The predicted octanol–water partition coefficient (Wildman–Crippen LogP) is 0.512. The molecule has 0 fully saturated rings. The number of aromatic nitrogens is 2. The molecule has 5 heteroatoms. The van der Waals surface area contributed by atoms with Crippen LogP contribution in [0.2, 0.25) is 0 Å². The molecule has 5 nitrogen and oxygen atoms in total. The van der Waals surface area contributed by atoms with Crippen LogP contribution in [0.3, 0.4) is 0 Å². The number of aromatic amines is 1. The first-order chi connectivity index (χ1) is 7.63. The maximum Gasteiger partial charge on any atom is 0.117 e. The van der Waals surface area contributed by atoms with E-state index in [0.29, 0.717) is 23.0 Å². The van der Waals surface area contributed by atoms with Crippen molar-refractivity contribution in [3.05, 3.63) is 23.9 Å². The normalized spacial score (nSPS) is 12.8. The second-order valence-corrected chi connectivity index (χ2v) is 3.62. The number of hydrogen-bond donors (Lipinski definition) is 2. The Kier molecular flexibility index (Phi) is 2.52. The number of nitrogens with one attached hydrogen (secondary N) is 1. The fourth-order valence-corrected chi connectivity index (χ4v) is 1.78. The molecule has 0 saturated heterocycles. The average molecular weight is 219 g/mol. The van der Waals surface area contributed by atoms with E-state index in [1.54, 1.807) is 13.0 Å². The molecule has 0 amide bonds. The molecule has 0 bridgehead atoms. The minimum absolute atomic E-state index is 0.104. The Morgan fingerprint density at radius 3 is 3.00 bits per heavy atom.